The Hall–Kier alpha value is -1.40. The van der Waals surface area contributed by atoms with Crippen molar-refractivity contribution >= 4 is 21.6 Å². The van der Waals surface area contributed by atoms with Gasteiger partial charge in [0.1, 0.15) is 0 Å². The Kier molecular flexibility index (Phi) is 5.71. The first-order valence-corrected chi connectivity index (χ1v) is 8.35. The zero-order chi connectivity index (χ0) is 15.3. The molecule has 0 atom stereocenters. The number of sulfonamides is 1. The number of amides is 1. The molecule has 1 N–H and O–H groups in total. The van der Waals surface area contributed by atoms with Crippen LogP contribution in [0, 0.1) is 12.8 Å². The number of aryl methyl sites for hydroxylation is 1. The Morgan fingerprint density at radius 1 is 1.25 bits per heavy atom. The number of hydrogen-bond donors (Lipinski definition) is 1. The third-order valence-electron chi connectivity index (χ3n) is 2.69. The van der Waals surface area contributed by atoms with Gasteiger partial charge in [0.2, 0.25) is 15.9 Å². The molecule has 1 amide bonds. The van der Waals surface area contributed by atoms with E-state index in [1.165, 1.54) is 4.31 Å². The minimum absolute atomic E-state index is 0.162. The Morgan fingerprint density at radius 3 is 2.25 bits per heavy atom. The van der Waals surface area contributed by atoms with E-state index in [0.29, 0.717) is 12.2 Å². The summed E-state index contributed by atoms with van der Waals surface area (Å²) < 4.78 is 24.5. The Morgan fingerprint density at radius 2 is 1.80 bits per heavy atom. The molecule has 0 heterocycles. The highest BCUT2D eigenvalue weighted by molar-refractivity contribution is 7.88. The second-order valence-electron chi connectivity index (χ2n) is 5.36. The van der Waals surface area contributed by atoms with Crippen LogP contribution in [0.4, 0.5) is 5.69 Å². The van der Waals surface area contributed by atoms with Crippen molar-refractivity contribution in [2.75, 3.05) is 24.7 Å². The summed E-state index contributed by atoms with van der Waals surface area (Å²) >= 11 is 0. The average Bonchev–Trinajstić information content (AvgIpc) is 2.29. The normalized spacial score (nSPS) is 11.9. The summed E-state index contributed by atoms with van der Waals surface area (Å²) in [6.45, 7) is 5.96. The quantitative estimate of drug-likeness (QED) is 0.871. The lowest BCUT2D eigenvalue weighted by molar-refractivity contribution is -0.116. The van der Waals surface area contributed by atoms with Gasteiger partial charge in [-0.3, -0.25) is 4.79 Å². The first-order valence-electron chi connectivity index (χ1n) is 6.50. The molecule has 0 unspecified atom stereocenters. The molecule has 112 valence electrons. The van der Waals surface area contributed by atoms with Crippen LogP contribution in [0.15, 0.2) is 24.3 Å². The maximum absolute atomic E-state index is 11.9. The van der Waals surface area contributed by atoms with Crippen LogP contribution < -0.4 is 5.32 Å². The fourth-order valence-electron chi connectivity index (χ4n) is 1.72. The van der Waals surface area contributed by atoms with Crippen LogP contribution in [0.25, 0.3) is 0 Å². The van der Waals surface area contributed by atoms with Gasteiger partial charge in [-0.2, -0.15) is 4.31 Å². The molecule has 0 aliphatic heterocycles. The third-order valence-corrected chi connectivity index (χ3v) is 3.91. The molecule has 0 spiro atoms. The van der Waals surface area contributed by atoms with Crippen LogP contribution >= 0.6 is 0 Å². The smallest absolute Gasteiger partial charge is 0.239 e. The topological polar surface area (TPSA) is 66.5 Å². The molecule has 0 aliphatic carbocycles. The number of benzene rings is 1. The van der Waals surface area contributed by atoms with Crippen molar-refractivity contribution < 1.29 is 13.2 Å². The maximum atomic E-state index is 11.9. The van der Waals surface area contributed by atoms with Gasteiger partial charge in [-0.1, -0.05) is 31.5 Å². The van der Waals surface area contributed by atoms with Crippen molar-refractivity contribution in [1.82, 2.24) is 4.31 Å². The first-order chi connectivity index (χ1) is 9.18. The lowest BCUT2D eigenvalue weighted by Crippen LogP contribution is -2.39. The standard InChI is InChI=1S/C14H22N2O3S/c1-11(2)9-16(20(4,18)19)10-14(17)15-13-7-5-12(3)6-8-13/h5-8,11H,9-10H2,1-4H3,(H,15,17). The fraction of sp³-hybridized carbons (Fsp3) is 0.500. The van der Waals surface area contributed by atoms with E-state index in [1.807, 2.05) is 32.9 Å². The number of hydrogen-bond acceptors (Lipinski definition) is 3. The van der Waals surface area contributed by atoms with Gasteiger partial charge in [0, 0.05) is 12.2 Å². The van der Waals surface area contributed by atoms with Gasteiger partial charge in [0.25, 0.3) is 0 Å². The van der Waals surface area contributed by atoms with Gasteiger partial charge in [-0.25, -0.2) is 8.42 Å². The molecule has 0 bridgehead atoms. The summed E-state index contributed by atoms with van der Waals surface area (Å²) in [6, 6.07) is 7.36. The Balaban J connectivity index is 2.69. The van der Waals surface area contributed by atoms with Crippen molar-refractivity contribution in [3.63, 3.8) is 0 Å². The highest BCUT2D eigenvalue weighted by Gasteiger charge is 2.21. The average molecular weight is 298 g/mol. The van der Waals surface area contributed by atoms with E-state index in [2.05, 4.69) is 5.32 Å². The highest BCUT2D eigenvalue weighted by atomic mass is 32.2. The molecule has 1 aromatic rings. The van der Waals surface area contributed by atoms with Crippen LogP contribution in [0.3, 0.4) is 0 Å². The SMILES string of the molecule is Cc1ccc(NC(=O)CN(CC(C)C)S(C)(=O)=O)cc1. The molecular formula is C14H22N2O3S. The van der Waals surface area contributed by atoms with Crippen molar-refractivity contribution in [3.05, 3.63) is 29.8 Å². The summed E-state index contributed by atoms with van der Waals surface area (Å²) in [5, 5.41) is 2.70. The molecule has 0 fully saturated rings. The van der Waals surface area contributed by atoms with Crippen LogP contribution in [-0.4, -0.2) is 38.0 Å². The molecule has 1 rings (SSSR count). The van der Waals surface area contributed by atoms with E-state index in [4.69, 9.17) is 0 Å². The van der Waals surface area contributed by atoms with Gasteiger partial charge in [-0.15, -0.1) is 0 Å². The largest absolute Gasteiger partial charge is 0.325 e. The molecule has 0 saturated heterocycles. The van der Waals surface area contributed by atoms with Crippen molar-refractivity contribution in [1.29, 1.82) is 0 Å². The third kappa shape index (κ3) is 5.71. The van der Waals surface area contributed by atoms with Crippen LogP contribution in [0.5, 0.6) is 0 Å². The van der Waals surface area contributed by atoms with Gasteiger partial charge >= 0.3 is 0 Å². The number of rotatable bonds is 6. The molecule has 0 aliphatic rings. The molecular weight excluding hydrogens is 276 g/mol. The summed E-state index contributed by atoms with van der Waals surface area (Å²) in [5.74, 6) is -0.170. The van der Waals surface area contributed by atoms with Crippen LogP contribution in [0.2, 0.25) is 0 Å². The van der Waals surface area contributed by atoms with Gasteiger partial charge < -0.3 is 5.32 Å². The predicted octanol–water partition coefficient (Wildman–Crippen LogP) is 1.85. The van der Waals surface area contributed by atoms with Crippen molar-refractivity contribution in [3.8, 4) is 0 Å². The number of carbonyl (C=O) groups excluding carboxylic acids is 1. The highest BCUT2D eigenvalue weighted by Crippen LogP contribution is 2.09. The van der Waals surface area contributed by atoms with E-state index >= 15 is 0 Å². The zero-order valence-corrected chi connectivity index (χ0v) is 13.2. The van der Waals surface area contributed by atoms with Gasteiger partial charge in [0.15, 0.2) is 0 Å². The summed E-state index contributed by atoms with van der Waals surface area (Å²) in [4.78, 5) is 11.9. The number of nitrogens with zero attached hydrogens (tertiary/aromatic N) is 1. The molecule has 0 saturated carbocycles. The maximum Gasteiger partial charge on any atom is 0.239 e. The molecule has 6 heteroatoms. The van der Waals surface area contributed by atoms with Gasteiger partial charge in [0.05, 0.1) is 12.8 Å². The molecule has 20 heavy (non-hydrogen) atoms. The molecule has 5 nitrogen and oxygen atoms in total. The number of nitrogens with one attached hydrogen (secondary N) is 1. The minimum Gasteiger partial charge on any atom is -0.325 e. The van der Waals surface area contributed by atoms with E-state index in [0.717, 1.165) is 11.8 Å². The molecule has 1 aromatic carbocycles. The number of anilines is 1. The van der Waals surface area contributed by atoms with Gasteiger partial charge in [-0.05, 0) is 25.0 Å². The van der Waals surface area contributed by atoms with Crippen molar-refractivity contribution in [2.24, 2.45) is 5.92 Å². The summed E-state index contributed by atoms with van der Waals surface area (Å²) in [5.41, 5.74) is 1.76. The fourth-order valence-corrected chi connectivity index (χ4v) is 2.64. The minimum atomic E-state index is -3.38. The van der Waals surface area contributed by atoms with E-state index < -0.39 is 10.0 Å². The second-order valence-corrected chi connectivity index (χ2v) is 7.35. The second kappa shape index (κ2) is 6.85. The van der Waals surface area contributed by atoms with E-state index in [1.54, 1.807) is 12.1 Å². The van der Waals surface area contributed by atoms with Crippen LogP contribution in [-0.2, 0) is 14.8 Å². The predicted molar refractivity (Wildman–Crippen MR) is 81.1 cm³/mol. The summed E-state index contributed by atoms with van der Waals surface area (Å²) in [6.07, 6.45) is 1.12. The van der Waals surface area contributed by atoms with Crippen molar-refractivity contribution in [2.45, 2.75) is 20.8 Å². The van der Waals surface area contributed by atoms with Crippen LogP contribution in [0.1, 0.15) is 19.4 Å². The lowest BCUT2D eigenvalue weighted by Gasteiger charge is -2.21. The Bertz CT molecular complexity index is 550. The zero-order valence-electron chi connectivity index (χ0n) is 12.4. The molecule has 0 aromatic heterocycles. The number of carbonyl (C=O) groups is 1. The first kappa shape index (κ1) is 16.7. The summed E-state index contributed by atoms with van der Waals surface area (Å²) in [7, 11) is -3.38. The lowest BCUT2D eigenvalue weighted by atomic mass is 10.2. The molecule has 0 radical (unpaired) electrons. The van der Waals surface area contributed by atoms with E-state index in [9.17, 15) is 13.2 Å². The van der Waals surface area contributed by atoms with E-state index in [-0.39, 0.29) is 18.4 Å². The monoisotopic (exact) mass is 298 g/mol. The Labute approximate surface area is 121 Å².